The minimum atomic E-state index is -5.05. The molecular formula is C54H34F6N2O2. The van der Waals surface area contributed by atoms with Gasteiger partial charge in [0.2, 0.25) is 0 Å². The van der Waals surface area contributed by atoms with Crippen molar-refractivity contribution in [3.63, 3.8) is 0 Å². The summed E-state index contributed by atoms with van der Waals surface area (Å²) in [6.45, 7) is 3.98. The molecule has 0 spiro atoms. The molecule has 2 amide bonds. The third-order valence-electron chi connectivity index (χ3n) is 11.8. The lowest BCUT2D eigenvalue weighted by Gasteiger charge is -2.23. The summed E-state index contributed by atoms with van der Waals surface area (Å²) in [5, 5.41) is 1.34. The van der Waals surface area contributed by atoms with E-state index in [4.69, 9.17) is 0 Å². The molecule has 10 rings (SSSR count). The number of aryl methyl sites for hydroxylation is 2. The first-order chi connectivity index (χ1) is 30.7. The molecule has 0 saturated carbocycles. The Bertz CT molecular complexity index is 3260. The van der Waals surface area contributed by atoms with E-state index in [9.17, 15) is 31.1 Å². The molecule has 0 radical (unpaired) electrons. The molecule has 10 heteroatoms. The fraction of sp³-hybridized carbons (Fsp3) is 0.0741. The van der Waals surface area contributed by atoms with E-state index in [1.807, 2.05) is 123 Å². The number of para-hydroxylation sites is 1. The lowest BCUT2D eigenvalue weighted by molar-refractivity contribution is -0.143. The van der Waals surface area contributed by atoms with Crippen LogP contribution in [0.3, 0.4) is 0 Å². The summed E-state index contributed by atoms with van der Waals surface area (Å²) in [6.07, 6.45) is -10.1. The molecule has 1 aromatic heterocycles. The van der Waals surface area contributed by atoms with Gasteiger partial charge in [0, 0.05) is 21.9 Å². The van der Waals surface area contributed by atoms with Crippen molar-refractivity contribution in [1.82, 2.24) is 4.57 Å². The Balaban J connectivity index is 1.24. The zero-order valence-corrected chi connectivity index (χ0v) is 34.1. The molecule has 1 aliphatic heterocycles. The normalized spacial score (nSPS) is 13.0. The lowest BCUT2D eigenvalue weighted by atomic mass is 9.95. The van der Waals surface area contributed by atoms with Crippen LogP contribution in [0.4, 0.5) is 32.0 Å². The van der Waals surface area contributed by atoms with Crippen molar-refractivity contribution >= 4 is 39.3 Å². The minimum Gasteiger partial charge on any atom is -0.308 e. The summed E-state index contributed by atoms with van der Waals surface area (Å²) in [6, 6.07) is 47.6. The summed E-state index contributed by atoms with van der Waals surface area (Å²) in [7, 11) is 0. The maximum absolute atomic E-state index is 15.4. The van der Waals surface area contributed by atoms with Crippen LogP contribution in [0, 0.1) is 13.8 Å². The van der Waals surface area contributed by atoms with Gasteiger partial charge in [-0.2, -0.15) is 26.3 Å². The number of carbonyl (C=O) groups excluding carboxylic acids is 2. The van der Waals surface area contributed by atoms with E-state index < -0.39 is 35.3 Å². The predicted molar refractivity (Wildman–Crippen MR) is 240 cm³/mol. The van der Waals surface area contributed by atoms with Crippen LogP contribution < -0.4 is 4.90 Å². The van der Waals surface area contributed by atoms with Gasteiger partial charge >= 0.3 is 12.4 Å². The molecule has 0 saturated heterocycles. The Labute approximate surface area is 363 Å². The number of amides is 2. The third-order valence-corrected chi connectivity index (χ3v) is 11.8. The number of nitrogens with zero attached hydrogens (tertiary/aromatic N) is 2. The summed E-state index contributed by atoms with van der Waals surface area (Å²) in [4.78, 5) is 31.5. The SMILES string of the molecule is Cc1cc(C)cc(-c2ccc3c4ccc(-c5cc(C(F)(F)F)cc(C(F)(F)F)c5)cc4n(-c4cccc5c4C(=O)N(c4c(-c6ccccc6)cccc4-c4ccccc4)C5=O)c3c2)c1. The number of imide groups is 1. The summed E-state index contributed by atoms with van der Waals surface area (Å²) < 4.78 is 86.5. The van der Waals surface area contributed by atoms with E-state index in [-0.39, 0.29) is 28.3 Å². The standard InChI is InChI=1S/C54H34F6N2O2/c1-31-23-32(2)25-37(24-31)35-19-21-43-44-22-20-36(38-26-39(53(55,56)57)30-40(27-38)54(58,59)60)29-48(44)61(47(43)28-35)46-18-10-17-45-49(46)52(64)62(51(45)63)50-41(33-11-5-3-6-12-33)15-9-16-42(50)34-13-7-4-8-14-34/h3-30H,1-2H3. The molecule has 0 unspecified atom stereocenters. The number of benzene rings is 8. The van der Waals surface area contributed by atoms with E-state index in [1.165, 1.54) is 17.0 Å². The molecule has 9 aromatic rings. The van der Waals surface area contributed by atoms with E-state index in [2.05, 4.69) is 6.07 Å². The molecule has 0 atom stereocenters. The van der Waals surface area contributed by atoms with Crippen molar-refractivity contribution in [3.05, 3.63) is 203 Å². The van der Waals surface area contributed by atoms with E-state index in [1.54, 1.807) is 28.8 Å². The zero-order chi connectivity index (χ0) is 44.7. The van der Waals surface area contributed by atoms with E-state index in [0.717, 1.165) is 33.4 Å². The largest absolute Gasteiger partial charge is 0.416 e. The molecule has 4 nitrogen and oxygen atoms in total. The molecule has 8 aromatic carbocycles. The van der Waals surface area contributed by atoms with Crippen molar-refractivity contribution in [2.45, 2.75) is 26.2 Å². The Morgan fingerprint density at radius 2 is 0.875 bits per heavy atom. The van der Waals surface area contributed by atoms with Crippen LogP contribution in [0.15, 0.2) is 170 Å². The van der Waals surface area contributed by atoms with Crippen LogP contribution in [0.1, 0.15) is 43.0 Å². The molecule has 0 bridgehead atoms. The highest BCUT2D eigenvalue weighted by atomic mass is 19.4. The maximum Gasteiger partial charge on any atom is 0.416 e. The van der Waals surface area contributed by atoms with Gasteiger partial charge in [-0.25, -0.2) is 4.90 Å². The number of aromatic nitrogens is 1. The first kappa shape index (κ1) is 40.4. The highest BCUT2D eigenvalue weighted by Gasteiger charge is 2.42. The van der Waals surface area contributed by atoms with Crippen LogP contribution >= 0.6 is 0 Å². The van der Waals surface area contributed by atoms with Gasteiger partial charge in [0.15, 0.2) is 0 Å². The molecule has 314 valence electrons. The van der Waals surface area contributed by atoms with Crippen LogP contribution in [-0.2, 0) is 12.4 Å². The van der Waals surface area contributed by atoms with Crippen molar-refractivity contribution in [1.29, 1.82) is 0 Å². The van der Waals surface area contributed by atoms with Gasteiger partial charge in [0.1, 0.15) is 0 Å². The number of hydrogen-bond donors (Lipinski definition) is 0. The van der Waals surface area contributed by atoms with Crippen molar-refractivity contribution in [2.75, 3.05) is 4.90 Å². The summed E-state index contributed by atoms with van der Waals surface area (Å²) in [5.74, 6) is -1.15. The second-order valence-electron chi connectivity index (χ2n) is 16.0. The van der Waals surface area contributed by atoms with E-state index >= 15 is 4.79 Å². The first-order valence-corrected chi connectivity index (χ1v) is 20.4. The third kappa shape index (κ3) is 6.82. The number of hydrogen-bond acceptors (Lipinski definition) is 2. The highest BCUT2D eigenvalue weighted by molar-refractivity contribution is 6.37. The quantitative estimate of drug-likeness (QED) is 0.123. The predicted octanol–water partition coefficient (Wildman–Crippen LogP) is 14.9. The Morgan fingerprint density at radius 1 is 0.406 bits per heavy atom. The number of carbonyl (C=O) groups is 2. The van der Waals surface area contributed by atoms with Crippen molar-refractivity contribution < 1.29 is 35.9 Å². The van der Waals surface area contributed by atoms with Crippen molar-refractivity contribution in [2.24, 2.45) is 0 Å². The van der Waals surface area contributed by atoms with Crippen LogP contribution in [-0.4, -0.2) is 16.4 Å². The number of alkyl halides is 6. The molecule has 64 heavy (non-hydrogen) atoms. The van der Waals surface area contributed by atoms with E-state index in [0.29, 0.717) is 56.4 Å². The molecule has 0 aliphatic carbocycles. The fourth-order valence-electron chi connectivity index (χ4n) is 9.04. The smallest absolute Gasteiger partial charge is 0.308 e. The van der Waals surface area contributed by atoms with Gasteiger partial charge in [-0.15, -0.1) is 0 Å². The molecule has 1 aliphatic rings. The monoisotopic (exact) mass is 856 g/mol. The Hall–Kier alpha value is -7.72. The molecular weight excluding hydrogens is 823 g/mol. The number of halogens is 6. The van der Waals surface area contributed by atoms with Gasteiger partial charge in [-0.3, -0.25) is 9.59 Å². The average Bonchev–Trinajstić information content (AvgIpc) is 3.74. The topological polar surface area (TPSA) is 42.3 Å². The van der Waals surface area contributed by atoms with Crippen LogP contribution in [0.25, 0.3) is 72.0 Å². The Kier molecular flexibility index (Phi) is 9.44. The number of fused-ring (bicyclic) bond motifs is 4. The maximum atomic E-state index is 15.4. The summed E-state index contributed by atoms with van der Waals surface area (Å²) >= 11 is 0. The molecule has 2 heterocycles. The lowest BCUT2D eigenvalue weighted by Crippen LogP contribution is -2.30. The van der Waals surface area contributed by atoms with Crippen LogP contribution in [0.5, 0.6) is 0 Å². The van der Waals surface area contributed by atoms with Gasteiger partial charge < -0.3 is 4.57 Å². The van der Waals surface area contributed by atoms with Gasteiger partial charge in [-0.05, 0) is 89.7 Å². The minimum absolute atomic E-state index is 0.0867. The van der Waals surface area contributed by atoms with Gasteiger partial charge in [0.05, 0.1) is 44.7 Å². The fourth-order valence-corrected chi connectivity index (χ4v) is 9.04. The number of anilines is 1. The summed E-state index contributed by atoms with van der Waals surface area (Å²) in [5.41, 5.74) is 5.54. The Morgan fingerprint density at radius 3 is 1.38 bits per heavy atom. The highest BCUT2D eigenvalue weighted by Crippen LogP contribution is 2.46. The number of rotatable bonds is 6. The molecule has 0 N–H and O–H groups in total. The van der Waals surface area contributed by atoms with Gasteiger partial charge in [-0.1, -0.05) is 139 Å². The van der Waals surface area contributed by atoms with Crippen molar-refractivity contribution in [3.8, 4) is 50.2 Å². The second kappa shape index (κ2) is 15.0. The van der Waals surface area contributed by atoms with Crippen LogP contribution in [0.2, 0.25) is 0 Å². The average molecular weight is 857 g/mol. The second-order valence-corrected chi connectivity index (χ2v) is 16.0. The molecule has 0 fully saturated rings. The first-order valence-electron chi connectivity index (χ1n) is 20.4. The van der Waals surface area contributed by atoms with Gasteiger partial charge in [0.25, 0.3) is 11.8 Å². The zero-order valence-electron chi connectivity index (χ0n) is 34.1.